The van der Waals surface area contributed by atoms with Crippen molar-refractivity contribution in [2.24, 2.45) is 0 Å². The number of hydrogen-bond donors (Lipinski definition) is 1. The number of thiophene rings is 1. The molecular weight excluding hydrogens is 423 g/mol. The third-order valence-corrected chi connectivity index (χ3v) is 6.32. The molecule has 0 aliphatic heterocycles. The van der Waals surface area contributed by atoms with E-state index >= 15 is 0 Å². The van der Waals surface area contributed by atoms with Crippen LogP contribution < -0.4 is 5.32 Å². The highest BCUT2D eigenvalue weighted by atomic mass is 35.5. The Morgan fingerprint density at radius 1 is 1.04 bits per heavy atom. The highest BCUT2D eigenvalue weighted by molar-refractivity contribution is 7.18. The van der Waals surface area contributed by atoms with E-state index in [1.54, 1.807) is 23.5 Å². The maximum Gasteiger partial charge on any atom is 0.220 e. The first-order chi connectivity index (χ1) is 12.9. The van der Waals surface area contributed by atoms with Crippen molar-refractivity contribution in [3.05, 3.63) is 60.5 Å². The Kier molecular flexibility index (Phi) is 6.65. The summed E-state index contributed by atoms with van der Waals surface area (Å²) >= 11 is 14.5. The number of ketones is 1. The van der Waals surface area contributed by atoms with Crippen LogP contribution in [0.5, 0.6) is 0 Å². The number of nitrogens with zero attached hydrogens (tertiary/aromatic N) is 1. The first kappa shape index (κ1) is 20.0. The van der Waals surface area contributed by atoms with E-state index in [-0.39, 0.29) is 24.5 Å². The van der Waals surface area contributed by atoms with Gasteiger partial charge < -0.3 is 5.32 Å². The summed E-state index contributed by atoms with van der Waals surface area (Å²) in [6.45, 7) is 2.34. The molecule has 0 fully saturated rings. The number of hydrogen-bond acceptors (Lipinski definition) is 5. The molecule has 0 saturated heterocycles. The van der Waals surface area contributed by atoms with Gasteiger partial charge in [0.05, 0.1) is 21.5 Å². The van der Waals surface area contributed by atoms with Crippen molar-refractivity contribution in [1.29, 1.82) is 0 Å². The summed E-state index contributed by atoms with van der Waals surface area (Å²) in [4.78, 5) is 30.3. The summed E-state index contributed by atoms with van der Waals surface area (Å²) in [7, 11) is 0. The largest absolute Gasteiger partial charge is 0.350 e. The maximum absolute atomic E-state index is 12.0. The molecule has 2 heterocycles. The molecule has 140 valence electrons. The molecule has 0 aliphatic rings. The molecule has 27 heavy (non-hydrogen) atoms. The molecule has 3 aromatic rings. The second-order valence-corrected chi connectivity index (χ2v) is 9.26. The minimum atomic E-state index is -0.174. The van der Waals surface area contributed by atoms with Crippen LogP contribution >= 0.6 is 45.9 Å². The minimum absolute atomic E-state index is 0.0721. The molecule has 0 saturated carbocycles. The average molecular weight is 439 g/mol. The monoisotopic (exact) mass is 438 g/mol. The smallest absolute Gasteiger partial charge is 0.220 e. The van der Waals surface area contributed by atoms with E-state index in [1.165, 1.54) is 11.3 Å². The highest BCUT2D eigenvalue weighted by Crippen LogP contribution is 2.28. The number of carbonyl (C=O) groups excluding carboxylic acids is 2. The predicted octanol–water partition coefficient (Wildman–Crippen LogP) is 5.77. The Bertz CT molecular complexity index is 965. The number of carbonyl (C=O) groups is 2. The third kappa shape index (κ3) is 5.39. The van der Waals surface area contributed by atoms with Gasteiger partial charge in [-0.15, -0.1) is 22.7 Å². The standard InChI is InChI=1S/C19H16Cl2N2O2S2/c1-11-19(12-2-4-13(20)5-3-12)23-18(26-11)10-22-17(25)9-6-14(24)15-7-8-16(21)27-15/h2-5,7-8H,6,9-10H2,1H3,(H,22,25). The van der Waals surface area contributed by atoms with Gasteiger partial charge >= 0.3 is 0 Å². The number of nitrogens with one attached hydrogen (secondary N) is 1. The van der Waals surface area contributed by atoms with Gasteiger partial charge in [0.1, 0.15) is 5.01 Å². The van der Waals surface area contributed by atoms with Gasteiger partial charge in [0.15, 0.2) is 5.78 Å². The number of benzene rings is 1. The van der Waals surface area contributed by atoms with Crippen LogP contribution in [0, 0.1) is 6.92 Å². The number of rotatable bonds is 7. The van der Waals surface area contributed by atoms with Gasteiger partial charge in [-0.1, -0.05) is 35.3 Å². The zero-order valence-electron chi connectivity index (χ0n) is 14.4. The fourth-order valence-electron chi connectivity index (χ4n) is 2.48. The molecule has 1 amide bonds. The molecule has 2 aromatic heterocycles. The molecule has 1 aromatic carbocycles. The van der Waals surface area contributed by atoms with Gasteiger partial charge in [-0.25, -0.2) is 4.98 Å². The van der Waals surface area contributed by atoms with Crippen LogP contribution in [0.2, 0.25) is 9.36 Å². The molecule has 0 unspecified atom stereocenters. The SMILES string of the molecule is Cc1sc(CNC(=O)CCC(=O)c2ccc(Cl)s2)nc1-c1ccc(Cl)cc1. The van der Waals surface area contributed by atoms with Crippen LogP contribution in [-0.2, 0) is 11.3 Å². The number of aryl methyl sites for hydroxylation is 1. The van der Waals surface area contributed by atoms with E-state index in [0.29, 0.717) is 20.8 Å². The summed E-state index contributed by atoms with van der Waals surface area (Å²) in [5.41, 5.74) is 1.89. The predicted molar refractivity (Wildman–Crippen MR) is 112 cm³/mol. The normalized spacial score (nSPS) is 10.8. The third-order valence-electron chi connectivity index (χ3n) is 3.82. The van der Waals surface area contributed by atoms with Gasteiger partial charge in [-0.05, 0) is 31.2 Å². The van der Waals surface area contributed by atoms with Gasteiger partial charge in [-0.2, -0.15) is 0 Å². The molecule has 3 rings (SSSR count). The Labute approximate surface area is 175 Å². The van der Waals surface area contributed by atoms with E-state index in [9.17, 15) is 9.59 Å². The van der Waals surface area contributed by atoms with Crippen LogP contribution in [0.25, 0.3) is 11.3 Å². The average Bonchev–Trinajstić information content (AvgIpc) is 3.24. The Hall–Kier alpha value is -1.73. The topological polar surface area (TPSA) is 59.1 Å². The minimum Gasteiger partial charge on any atom is -0.350 e. The Morgan fingerprint density at radius 2 is 1.78 bits per heavy atom. The lowest BCUT2D eigenvalue weighted by Crippen LogP contribution is -2.23. The molecule has 0 aliphatic carbocycles. The molecular formula is C19H16Cl2N2O2S2. The van der Waals surface area contributed by atoms with Crippen LogP contribution in [0.4, 0.5) is 0 Å². The quantitative estimate of drug-likeness (QED) is 0.476. The van der Waals surface area contributed by atoms with E-state index in [2.05, 4.69) is 10.3 Å². The summed E-state index contributed by atoms with van der Waals surface area (Å²) < 4.78 is 0.568. The maximum atomic E-state index is 12.0. The fraction of sp³-hybridized carbons (Fsp3) is 0.211. The van der Waals surface area contributed by atoms with E-state index in [4.69, 9.17) is 23.2 Å². The number of halogens is 2. The summed E-state index contributed by atoms with van der Waals surface area (Å²) in [5, 5.41) is 4.33. The van der Waals surface area contributed by atoms with Crippen LogP contribution in [0.1, 0.15) is 32.4 Å². The van der Waals surface area contributed by atoms with Crippen LogP contribution in [0.15, 0.2) is 36.4 Å². The van der Waals surface area contributed by atoms with E-state index < -0.39 is 0 Å². The number of thiazole rings is 1. The molecule has 0 spiro atoms. The van der Waals surface area contributed by atoms with Crippen molar-refractivity contribution in [2.45, 2.75) is 26.3 Å². The van der Waals surface area contributed by atoms with E-state index in [1.807, 2.05) is 31.2 Å². The van der Waals surface area contributed by atoms with Crippen LogP contribution in [-0.4, -0.2) is 16.7 Å². The van der Waals surface area contributed by atoms with Crippen molar-refractivity contribution in [3.8, 4) is 11.3 Å². The summed E-state index contributed by atoms with van der Waals surface area (Å²) in [6.07, 6.45) is 0.304. The molecule has 0 radical (unpaired) electrons. The fourth-order valence-corrected chi connectivity index (χ4v) is 4.51. The summed E-state index contributed by atoms with van der Waals surface area (Å²) in [5.74, 6) is -0.246. The lowest BCUT2D eigenvalue weighted by Gasteiger charge is -2.02. The van der Waals surface area contributed by atoms with Gasteiger partial charge in [-0.3, -0.25) is 9.59 Å². The summed E-state index contributed by atoms with van der Waals surface area (Å²) in [6, 6.07) is 10.9. The Morgan fingerprint density at radius 3 is 2.44 bits per heavy atom. The zero-order chi connectivity index (χ0) is 19.4. The van der Waals surface area contributed by atoms with Gasteiger partial charge in [0.25, 0.3) is 0 Å². The molecule has 1 N–H and O–H groups in total. The first-order valence-corrected chi connectivity index (χ1v) is 10.6. The second kappa shape index (κ2) is 8.97. The number of amides is 1. The number of aromatic nitrogens is 1. The van der Waals surface area contributed by atoms with Crippen molar-refractivity contribution < 1.29 is 9.59 Å². The molecule has 8 heteroatoms. The van der Waals surface area contributed by atoms with E-state index in [0.717, 1.165) is 21.1 Å². The number of Topliss-reactive ketones (excluding diaryl/α,β-unsaturated/α-hetero) is 1. The Balaban J connectivity index is 1.52. The molecule has 0 atom stereocenters. The van der Waals surface area contributed by atoms with Crippen molar-refractivity contribution >= 4 is 57.6 Å². The van der Waals surface area contributed by atoms with Crippen molar-refractivity contribution in [3.63, 3.8) is 0 Å². The lowest BCUT2D eigenvalue weighted by molar-refractivity contribution is -0.121. The zero-order valence-corrected chi connectivity index (χ0v) is 17.6. The van der Waals surface area contributed by atoms with Crippen molar-refractivity contribution in [1.82, 2.24) is 10.3 Å². The van der Waals surface area contributed by atoms with Crippen LogP contribution in [0.3, 0.4) is 0 Å². The molecule has 4 nitrogen and oxygen atoms in total. The van der Waals surface area contributed by atoms with Gasteiger partial charge in [0.2, 0.25) is 5.91 Å². The second-order valence-electron chi connectivity index (χ2n) is 5.82. The first-order valence-electron chi connectivity index (χ1n) is 8.20. The highest BCUT2D eigenvalue weighted by Gasteiger charge is 2.13. The van der Waals surface area contributed by atoms with Crippen molar-refractivity contribution in [2.75, 3.05) is 0 Å². The lowest BCUT2D eigenvalue weighted by atomic mass is 10.1. The molecule has 0 bridgehead atoms. The van der Waals surface area contributed by atoms with Gasteiger partial charge in [0, 0.05) is 28.3 Å².